The molecule has 0 atom stereocenters. The maximum absolute atomic E-state index is 4.74. The summed E-state index contributed by atoms with van der Waals surface area (Å²) in [6.07, 6.45) is 6.89. The summed E-state index contributed by atoms with van der Waals surface area (Å²) < 4.78 is 14.2. The zero-order valence-electron chi connectivity index (χ0n) is 9.29. The molecule has 84 valence electrons. The first-order valence-electron chi connectivity index (χ1n) is 4.79. The van der Waals surface area contributed by atoms with Crippen molar-refractivity contribution in [1.82, 2.24) is 5.32 Å². The summed E-state index contributed by atoms with van der Waals surface area (Å²) in [5.41, 5.74) is 0. The molecule has 0 bridgehead atoms. The average molecular weight is 219 g/mol. The van der Waals surface area contributed by atoms with Crippen LogP contribution in [0.5, 0.6) is 0 Å². The highest BCUT2D eigenvalue weighted by Crippen LogP contribution is 1.96. The maximum atomic E-state index is 4.74. The summed E-state index contributed by atoms with van der Waals surface area (Å²) >= 11 is 0. The van der Waals surface area contributed by atoms with Crippen molar-refractivity contribution in [1.29, 1.82) is 0 Å². The van der Waals surface area contributed by atoms with Crippen LogP contribution in [0.3, 0.4) is 0 Å². The van der Waals surface area contributed by atoms with Gasteiger partial charge in [-0.2, -0.15) is 0 Å². The van der Waals surface area contributed by atoms with Crippen LogP contribution in [-0.4, -0.2) is 43.9 Å². The second-order valence-electron chi connectivity index (χ2n) is 2.81. The smallest absolute Gasteiger partial charge is 0.379 e. The van der Waals surface area contributed by atoms with Gasteiger partial charge in [-0.15, -0.1) is 0 Å². The van der Waals surface area contributed by atoms with E-state index in [1.54, 1.807) is 21.3 Å². The third-order valence-electron chi connectivity index (χ3n) is 1.52. The Labute approximate surface area is 88.2 Å². The molecule has 0 aromatic rings. The predicted molar refractivity (Wildman–Crippen MR) is 59.4 cm³/mol. The first-order valence-corrected chi connectivity index (χ1v) is 6.20. The van der Waals surface area contributed by atoms with Crippen molar-refractivity contribution >= 4 is 9.53 Å². The zero-order chi connectivity index (χ0) is 10.6. The molecule has 0 saturated carbocycles. The van der Waals surface area contributed by atoms with Crippen LogP contribution in [0, 0.1) is 0 Å². The third kappa shape index (κ3) is 11.8. The van der Waals surface area contributed by atoms with E-state index < -0.39 is 9.53 Å². The fraction of sp³-hybridized carbons (Fsp3) is 0.778. The molecule has 2 rings (SSSR count). The van der Waals surface area contributed by atoms with Gasteiger partial charge in [0, 0.05) is 21.3 Å². The lowest BCUT2D eigenvalue weighted by atomic mass is 10.3. The van der Waals surface area contributed by atoms with Gasteiger partial charge in [-0.05, 0) is 25.9 Å². The highest BCUT2D eigenvalue weighted by Gasteiger charge is 2.04. The summed E-state index contributed by atoms with van der Waals surface area (Å²) in [6.45, 7) is 2.50. The van der Waals surface area contributed by atoms with Gasteiger partial charge in [0.2, 0.25) is 0 Å². The normalized spacial score (nSPS) is 16.0. The summed E-state index contributed by atoms with van der Waals surface area (Å²) in [7, 11) is 3.05. The van der Waals surface area contributed by atoms with E-state index in [1.165, 1.54) is 25.9 Å². The van der Waals surface area contributed by atoms with Crippen molar-refractivity contribution in [3.05, 3.63) is 12.2 Å². The molecule has 1 fully saturated rings. The van der Waals surface area contributed by atoms with Crippen molar-refractivity contribution < 1.29 is 13.3 Å². The molecule has 1 N–H and O–H groups in total. The van der Waals surface area contributed by atoms with E-state index in [2.05, 4.69) is 17.5 Å². The van der Waals surface area contributed by atoms with E-state index in [0.717, 1.165) is 0 Å². The molecule has 14 heavy (non-hydrogen) atoms. The second-order valence-corrected chi connectivity index (χ2v) is 4.80. The number of nitrogens with one attached hydrogen (secondary N) is 1. The molecule has 4 nitrogen and oxygen atoms in total. The van der Waals surface area contributed by atoms with Gasteiger partial charge in [0.25, 0.3) is 0 Å². The van der Waals surface area contributed by atoms with Crippen molar-refractivity contribution in [3.63, 3.8) is 0 Å². The SMILES string of the molecule is C1=CC1.C1CNC1.CO[SiH](OC)OC. The number of hydrogen-bond acceptors (Lipinski definition) is 4. The molecule has 5 heteroatoms. The Morgan fingerprint density at radius 3 is 1.29 bits per heavy atom. The van der Waals surface area contributed by atoms with E-state index in [9.17, 15) is 0 Å². The van der Waals surface area contributed by atoms with Gasteiger partial charge < -0.3 is 18.6 Å². The minimum absolute atomic E-state index is 1.25. The standard InChI is InChI=1S/C3H7N.C3H10O3Si.C3H4/c1-2-4-3-1;1-4-7(5-2)6-3;1-2-3-1/h4H,1-3H2;7H,1-3H3;1-2H,3H2. The lowest BCUT2D eigenvalue weighted by Gasteiger charge is -2.09. The van der Waals surface area contributed by atoms with Crippen LogP contribution in [0.25, 0.3) is 0 Å². The Balaban J connectivity index is 0.000000199. The van der Waals surface area contributed by atoms with E-state index in [1.807, 2.05) is 0 Å². The maximum Gasteiger partial charge on any atom is 0.483 e. The quantitative estimate of drug-likeness (QED) is 0.556. The Kier molecular flexibility index (Phi) is 10.7. The summed E-state index contributed by atoms with van der Waals surface area (Å²) in [6, 6.07) is 0. The Bertz CT molecular complexity index is 123. The molecule has 0 aromatic heterocycles. The van der Waals surface area contributed by atoms with Gasteiger partial charge in [0.05, 0.1) is 0 Å². The summed E-state index contributed by atoms with van der Waals surface area (Å²) in [4.78, 5) is 0. The second kappa shape index (κ2) is 10.9. The van der Waals surface area contributed by atoms with Crippen LogP contribution in [0.2, 0.25) is 0 Å². The highest BCUT2D eigenvalue weighted by atomic mass is 28.3. The molecular weight excluding hydrogens is 198 g/mol. The monoisotopic (exact) mass is 219 g/mol. The van der Waals surface area contributed by atoms with Gasteiger partial charge >= 0.3 is 9.53 Å². The lowest BCUT2D eigenvalue weighted by molar-refractivity contribution is 0.163. The van der Waals surface area contributed by atoms with Crippen molar-refractivity contribution in [2.45, 2.75) is 12.8 Å². The van der Waals surface area contributed by atoms with Crippen molar-refractivity contribution in [2.75, 3.05) is 34.4 Å². The van der Waals surface area contributed by atoms with E-state index in [0.29, 0.717) is 0 Å². The Morgan fingerprint density at radius 1 is 1.00 bits per heavy atom. The molecule has 1 saturated heterocycles. The van der Waals surface area contributed by atoms with Crippen LogP contribution >= 0.6 is 0 Å². The number of hydrogen-bond donors (Lipinski definition) is 1. The molecule has 1 heterocycles. The van der Waals surface area contributed by atoms with Crippen LogP contribution < -0.4 is 5.32 Å². The van der Waals surface area contributed by atoms with Crippen LogP contribution in [0.4, 0.5) is 0 Å². The predicted octanol–water partition coefficient (Wildman–Crippen LogP) is 0.569. The Morgan fingerprint density at radius 2 is 1.29 bits per heavy atom. The van der Waals surface area contributed by atoms with Crippen molar-refractivity contribution in [3.8, 4) is 0 Å². The summed E-state index contributed by atoms with van der Waals surface area (Å²) in [5.74, 6) is 0. The molecule has 2 aliphatic rings. The molecule has 0 amide bonds. The average Bonchev–Trinajstić information content (AvgIpc) is 2.90. The van der Waals surface area contributed by atoms with E-state index in [4.69, 9.17) is 13.3 Å². The lowest BCUT2D eigenvalue weighted by Crippen LogP contribution is -2.29. The van der Waals surface area contributed by atoms with E-state index >= 15 is 0 Å². The minimum atomic E-state index is -1.67. The molecule has 0 unspecified atom stereocenters. The first kappa shape index (κ1) is 13.8. The molecule has 0 aromatic carbocycles. The highest BCUT2D eigenvalue weighted by molar-refractivity contribution is 6.36. The van der Waals surface area contributed by atoms with Gasteiger partial charge in [-0.1, -0.05) is 12.2 Å². The van der Waals surface area contributed by atoms with Gasteiger partial charge in [-0.25, -0.2) is 0 Å². The fourth-order valence-electron chi connectivity index (χ4n) is 0.465. The molecule has 0 radical (unpaired) electrons. The first-order chi connectivity index (χ1) is 6.85. The topological polar surface area (TPSA) is 39.7 Å². The van der Waals surface area contributed by atoms with Gasteiger partial charge in [0.15, 0.2) is 0 Å². The molecule has 1 aliphatic carbocycles. The Hall–Kier alpha value is -0.203. The molecule has 1 aliphatic heterocycles. The van der Waals surface area contributed by atoms with Crippen molar-refractivity contribution in [2.24, 2.45) is 0 Å². The minimum Gasteiger partial charge on any atom is -0.379 e. The third-order valence-corrected chi connectivity index (χ3v) is 2.67. The van der Waals surface area contributed by atoms with E-state index in [-0.39, 0.29) is 0 Å². The fourth-order valence-corrected chi connectivity index (χ4v) is 1.04. The van der Waals surface area contributed by atoms with Gasteiger partial charge in [0.1, 0.15) is 0 Å². The van der Waals surface area contributed by atoms with Crippen LogP contribution in [-0.2, 0) is 13.3 Å². The number of rotatable bonds is 3. The van der Waals surface area contributed by atoms with Crippen LogP contribution in [0.1, 0.15) is 12.8 Å². The zero-order valence-corrected chi connectivity index (χ0v) is 10.4. The number of allylic oxidation sites excluding steroid dienone is 2. The largest absolute Gasteiger partial charge is 0.483 e. The van der Waals surface area contributed by atoms with Crippen LogP contribution in [0.15, 0.2) is 12.2 Å². The molecular formula is C9H21NO3Si. The molecule has 0 spiro atoms. The summed E-state index contributed by atoms with van der Waals surface area (Å²) in [5, 5.41) is 3.11. The van der Waals surface area contributed by atoms with Gasteiger partial charge in [-0.3, -0.25) is 0 Å².